The van der Waals surface area contributed by atoms with E-state index in [0.717, 1.165) is 47.2 Å². The Hall–Kier alpha value is -3.62. The number of carboxylic acid groups (broad SMARTS) is 1. The van der Waals surface area contributed by atoms with Gasteiger partial charge in [-0.05, 0) is 74.8 Å². The van der Waals surface area contributed by atoms with Crippen LogP contribution >= 0.6 is 0 Å². The fourth-order valence-electron chi connectivity index (χ4n) is 6.11. The van der Waals surface area contributed by atoms with Gasteiger partial charge in [0.25, 0.3) is 0 Å². The number of rotatable bonds is 6. The van der Waals surface area contributed by atoms with E-state index in [1.807, 2.05) is 0 Å². The highest BCUT2D eigenvalue weighted by Crippen LogP contribution is 2.40. The minimum absolute atomic E-state index is 0.000662. The molecule has 1 fully saturated rings. The van der Waals surface area contributed by atoms with Crippen molar-refractivity contribution in [3.05, 3.63) is 58.7 Å². The summed E-state index contributed by atoms with van der Waals surface area (Å²) in [6.07, 6.45) is 3.80. The minimum atomic E-state index is -0.729. The zero-order valence-corrected chi connectivity index (χ0v) is 22.1. The molecule has 1 amide bonds. The van der Waals surface area contributed by atoms with Crippen molar-refractivity contribution in [1.29, 1.82) is 0 Å². The van der Waals surface area contributed by atoms with E-state index in [0.29, 0.717) is 32.4 Å². The molecule has 3 aromatic rings. The monoisotopic (exact) mass is 523 g/mol. The highest BCUT2D eigenvalue weighted by molar-refractivity contribution is 5.82. The van der Waals surface area contributed by atoms with Crippen LogP contribution in [0.3, 0.4) is 0 Å². The van der Waals surface area contributed by atoms with Crippen LogP contribution in [0.2, 0.25) is 0 Å². The molecule has 0 spiro atoms. The van der Waals surface area contributed by atoms with Gasteiger partial charge < -0.3 is 24.0 Å². The van der Waals surface area contributed by atoms with E-state index in [1.54, 1.807) is 17.0 Å². The molecule has 0 unspecified atom stereocenters. The van der Waals surface area contributed by atoms with Crippen molar-refractivity contribution in [1.82, 2.24) is 14.5 Å². The maximum absolute atomic E-state index is 14.0. The molecule has 0 saturated heterocycles. The lowest BCUT2D eigenvalue weighted by Gasteiger charge is -2.28. The van der Waals surface area contributed by atoms with Gasteiger partial charge in [-0.15, -0.1) is 0 Å². The summed E-state index contributed by atoms with van der Waals surface area (Å²) in [5, 5.41) is 9.50. The number of hydrogen-bond donors (Lipinski definition) is 1. The van der Waals surface area contributed by atoms with Gasteiger partial charge in [-0.2, -0.15) is 0 Å². The van der Waals surface area contributed by atoms with Crippen LogP contribution in [0.25, 0.3) is 11.0 Å². The zero-order chi connectivity index (χ0) is 27.0. The van der Waals surface area contributed by atoms with Gasteiger partial charge in [-0.25, -0.2) is 14.2 Å². The van der Waals surface area contributed by atoms with Gasteiger partial charge >= 0.3 is 12.1 Å². The van der Waals surface area contributed by atoms with Crippen LogP contribution in [0.1, 0.15) is 67.1 Å². The summed E-state index contributed by atoms with van der Waals surface area (Å²) < 4.78 is 26.5. The first-order valence-corrected chi connectivity index (χ1v) is 13.2. The fourth-order valence-corrected chi connectivity index (χ4v) is 6.11. The molecule has 0 radical (unpaired) electrons. The molecule has 8 nitrogen and oxygen atoms in total. The summed E-state index contributed by atoms with van der Waals surface area (Å²) in [4.78, 5) is 30.8. The molecule has 1 N–H and O–H groups in total. The molecular formula is C29H34FN3O5. The summed E-state index contributed by atoms with van der Waals surface area (Å²) in [6.45, 7) is 3.16. The number of hydrogen-bond acceptors (Lipinski definition) is 5. The van der Waals surface area contributed by atoms with Crippen LogP contribution in [0.15, 0.2) is 30.3 Å². The van der Waals surface area contributed by atoms with Crippen molar-refractivity contribution in [2.45, 2.75) is 64.0 Å². The number of carbonyl (C=O) groups excluding carboxylic acids is 1. The van der Waals surface area contributed by atoms with Crippen molar-refractivity contribution in [3.8, 4) is 5.75 Å². The van der Waals surface area contributed by atoms with E-state index in [9.17, 15) is 19.1 Å². The number of methoxy groups -OCH3 is 2. The smallest absolute Gasteiger partial charge is 0.409 e. The number of fused-ring (bicyclic) bond motifs is 3. The predicted molar refractivity (Wildman–Crippen MR) is 140 cm³/mol. The summed E-state index contributed by atoms with van der Waals surface area (Å²) in [7, 11) is 2.85. The molecule has 1 aromatic heterocycles. The van der Waals surface area contributed by atoms with Gasteiger partial charge in [0.15, 0.2) is 11.6 Å². The van der Waals surface area contributed by atoms with Crippen molar-refractivity contribution in [2.24, 2.45) is 5.92 Å². The fraction of sp³-hybridized carbons (Fsp3) is 0.483. The Morgan fingerprint density at radius 2 is 1.92 bits per heavy atom. The first-order chi connectivity index (χ1) is 18.3. The molecule has 2 heterocycles. The van der Waals surface area contributed by atoms with Gasteiger partial charge in [0.05, 0.1) is 37.7 Å². The third kappa shape index (κ3) is 4.81. The molecule has 9 heteroatoms. The van der Waals surface area contributed by atoms with Crippen LogP contribution in [-0.2, 0) is 28.9 Å². The predicted octanol–water partition coefficient (Wildman–Crippen LogP) is 5.47. The number of imidazole rings is 1. The summed E-state index contributed by atoms with van der Waals surface area (Å²) in [5.74, 6) is -0.126. The molecule has 1 aliphatic carbocycles. The van der Waals surface area contributed by atoms with E-state index < -0.39 is 11.8 Å². The van der Waals surface area contributed by atoms with E-state index in [2.05, 4.69) is 23.6 Å². The first kappa shape index (κ1) is 26.0. The van der Waals surface area contributed by atoms with Gasteiger partial charge in [-0.1, -0.05) is 12.1 Å². The third-order valence-corrected chi connectivity index (χ3v) is 8.15. The molecule has 202 valence electrons. The van der Waals surface area contributed by atoms with Gasteiger partial charge in [-0.3, -0.25) is 4.79 Å². The lowest BCUT2D eigenvalue weighted by Crippen LogP contribution is -2.35. The third-order valence-electron chi connectivity index (χ3n) is 8.15. The second-order valence-corrected chi connectivity index (χ2v) is 10.5. The Kier molecular flexibility index (Phi) is 7.27. The number of halogens is 1. The lowest BCUT2D eigenvalue weighted by molar-refractivity contribution is -0.142. The van der Waals surface area contributed by atoms with Crippen molar-refractivity contribution in [3.63, 3.8) is 0 Å². The Bertz CT molecular complexity index is 1360. The normalized spacial score (nSPS) is 20.2. The molecule has 0 bridgehead atoms. The van der Waals surface area contributed by atoms with Crippen LogP contribution in [-0.4, -0.2) is 52.4 Å². The molecule has 38 heavy (non-hydrogen) atoms. The van der Waals surface area contributed by atoms with E-state index in [1.165, 1.54) is 25.8 Å². The molecule has 1 saturated carbocycles. The molecule has 2 aliphatic rings. The maximum atomic E-state index is 14.0. The van der Waals surface area contributed by atoms with E-state index in [-0.39, 0.29) is 29.7 Å². The first-order valence-electron chi connectivity index (χ1n) is 13.2. The van der Waals surface area contributed by atoms with Gasteiger partial charge in [0.1, 0.15) is 5.82 Å². The number of aromatic nitrogens is 2. The SMILES string of the molecule is COC(=O)N1CCc2ccc3c(nc([C@H]4CC[C@H](C(=O)O)CC4)n3[C@@H](C)Cc3ccc(F)c(OC)c3)c2C1. The number of nitrogens with zero attached hydrogens (tertiary/aromatic N) is 3. The zero-order valence-electron chi connectivity index (χ0n) is 22.1. The topological polar surface area (TPSA) is 93.9 Å². The maximum Gasteiger partial charge on any atom is 0.409 e. The average Bonchev–Trinajstić information content (AvgIpc) is 3.33. The molecular weight excluding hydrogens is 489 g/mol. The Balaban J connectivity index is 1.56. The molecule has 1 aliphatic heterocycles. The van der Waals surface area contributed by atoms with Crippen LogP contribution in [0.5, 0.6) is 5.75 Å². The summed E-state index contributed by atoms with van der Waals surface area (Å²) in [5.41, 5.74) is 5.05. The Labute approximate surface area is 221 Å². The average molecular weight is 524 g/mol. The molecule has 5 rings (SSSR count). The lowest BCUT2D eigenvalue weighted by atomic mass is 9.81. The van der Waals surface area contributed by atoms with Crippen molar-refractivity contribution >= 4 is 23.1 Å². The summed E-state index contributed by atoms with van der Waals surface area (Å²) in [6, 6.07) is 9.19. The van der Waals surface area contributed by atoms with Gasteiger partial charge in [0.2, 0.25) is 0 Å². The number of carbonyl (C=O) groups is 2. The summed E-state index contributed by atoms with van der Waals surface area (Å²) >= 11 is 0. The highest BCUT2D eigenvalue weighted by Gasteiger charge is 2.32. The number of aliphatic carboxylic acids is 1. The van der Waals surface area contributed by atoms with Crippen LogP contribution in [0.4, 0.5) is 9.18 Å². The number of amides is 1. The molecule has 1 atom stereocenters. The quantitative estimate of drug-likeness (QED) is 0.461. The number of benzene rings is 2. The van der Waals surface area contributed by atoms with Crippen LogP contribution in [0, 0.1) is 11.7 Å². The van der Waals surface area contributed by atoms with Gasteiger partial charge in [0, 0.05) is 24.1 Å². The van der Waals surface area contributed by atoms with Crippen molar-refractivity contribution < 1.29 is 28.6 Å². The second kappa shape index (κ2) is 10.6. The Morgan fingerprint density at radius 3 is 2.61 bits per heavy atom. The highest BCUT2D eigenvalue weighted by atomic mass is 19.1. The number of ether oxygens (including phenoxy) is 2. The van der Waals surface area contributed by atoms with Crippen molar-refractivity contribution in [2.75, 3.05) is 20.8 Å². The van der Waals surface area contributed by atoms with Crippen LogP contribution < -0.4 is 4.74 Å². The standard InChI is InChI=1S/C29H34FN3O5/c1-17(14-18-4-10-23(30)25(15-18)37-2)33-24-11-9-19-12-13-32(29(36)38-3)16-22(19)26(24)31-27(33)20-5-7-21(8-6-20)28(34)35/h4,9-11,15,17,20-21H,5-8,12-14,16H2,1-3H3,(H,34,35)/t17-,20-,21-/m0/s1. The largest absolute Gasteiger partial charge is 0.494 e. The minimum Gasteiger partial charge on any atom is -0.494 e. The van der Waals surface area contributed by atoms with E-state index >= 15 is 0 Å². The van der Waals surface area contributed by atoms with E-state index in [4.69, 9.17) is 14.5 Å². The number of carboxylic acids is 1. The Morgan fingerprint density at radius 1 is 1.16 bits per heavy atom. The second-order valence-electron chi connectivity index (χ2n) is 10.5. The molecule has 2 aromatic carbocycles.